The van der Waals surface area contributed by atoms with E-state index in [0.717, 1.165) is 54.0 Å². The van der Waals surface area contributed by atoms with Crippen LogP contribution >= 0.6 is 22.9 Å². The van der Waals surface area contributed by atoms with Gasteiger partial charge in [-0.05, 0) is 43.0 Å². The Morgan fingerprint density at radius 2 is 1.94 bits per heavy atom. The molecule has 2 aromatic heterocycles. The van der Waals surface area contributed by atoms with Crippen LogP contribution in [-0.4, -0.2) is 39.7 Å². The summed E-state index contributed by atoms with van der Waals surface area (Å²) in [5.74, 6) is -0.380. The zero-order valence-corrected chi connectivity index (χ0v) is 19.2. The van der Waals surface area contributed by atoms with Crippen LogP contribution in [-0.2, 0) is 20.1 Å². The van der Waals surface area contributed by atoms with Crippen molar-refractivity contribution >= 4 is 39.1 Å². The van der Waals surface area contributed by atoms with Gasteiger partial charge in [-0.25, -0.2) is 0 Å². The van der Waals surface area contributed by atoms with Gasteiger partial charge in [0.2, 0.25) is 5.43 Å². The van der Waals surface area contributed by atoms with E-state index in [1.165, 1.54) is 11.3 Å². The normalized spacial score (nSPS) is 15.5. The number of hydrogen-bond acceptors (Lipinski definition) is 5. The van der Waals surface area contributed by atoms with Crippen molar-refractivity contribution in [1.82, 2.24) is 14.8 Å². The molecule has 0 aliphatic carbocycles. The molecule has 1 aliphatic rings. The summed E-state index contributed by atoms with van der Waals surface area (Å²) in [6.07, 6.45) is 2.98. The zero-order valence-electron chi connectivity index (χ0n) is 17.7. The number of benzene rings is 1. The molecule has 3 heterocycles. The molecule has 2 N–H and O–H groups in total. The average molecular weight is 460 g/mol. The number of rotatable bonds is 5. The number of likely N-dealkylation sites (tertiary alicyclic amines) is 1. The number of amides is 1. The molecule has 1 aromatic carbocycles. The van der Waals surface area contributed by atoms with Crippen molar-refractivity contribution in [2.24, 2.45) is 7.05 Å². The second-order valence-corrected chi connectivity index (χ2v) is 9.67. The first-order valence-corrected chi connectivity index (χ1v) is 11.6. The molecular weight excluding hydrogens is 434 g/mol. The van der Waals surface area contributed by atoms with Crippen molar-refractivity contribution in [3.8, 4) is 0 Å². The van der Waals surface area contributed by atoms with Crippen LogP contribution in [0.2, 0.25) is 5.02 Å². The maximum absolute atomic E-state index is 13.2. The fraction of sp³-hybridized carbons (Fsp3) is 0.391. The highest BCUT2D eigenvalue weighted by atomic mass is 35.5. The van der Waals surface area contributed by atoms with Gasteiger partial charge in [-0.2, -0.15) is 0 Å². The van der Waals surface area contributed by atoms with Crippen LogP contribution < -0.4 is 10.7 Å². The second-order valence-electron chi connectivity index (χ2n) is 8.13. The summed E-state index contributed by atoms with van der Waals surface area (Å²) >= 11 is 7.38. The first kappa shape index (κ1) is 22.0. The quantitative estimate of drug-likeness (QED) is 0.612. The molecule has 0 unspecified atom stereocenters. The monoisotopic (exact) mass is 459 g/mol. The van der Waals surface area contributed by atoms with E-state index in [0.29, 0.717) is 16.3 Å². The van der Waals surface area contributed by atoms with Crippen LogP contribution in [0.5, 0.6) is 0 Å². The predicted octanol–water partition coefficient (Wildman–Crippen LogP) is 3.45. The smallest absolute Gasteiger partial charge is 0.257 e. The fourth-order valence-electron chi connectivity index (χ4n) is 4.04. The topological polar surface area (TPSA) is 74.6 Å². The Hall–Kier alpha value is -2.19. The third kappa shape index (κ3) is 4.70. The van der Waals surface area contributed by atoms with E-state index >= 15 is 0 Å². The van der Waals surface area contributed by atoms with Gasteiger partial charge in [-0.3, -0.25) is 14.5 Å². The van der Waals surface area contributed by atoms with Crippen molar-refractivity contribution in [2.45, 2.75) is 39.0 Å². The third-order valence-electron chi connectivity index (χ3n) is 5.88. The number of pyridine rings is 1. The van der Waals surface area contributed by atoms with Gasteiger partial charge >= 0.3 is 0 Å². The number of carbonyl (C=O) groups excluding carboxylic acids is 1. The van der Waals surface area contributed by atoms with E-state index in [1.54, 1.807) is 18.3 Å². The van der Waals surface area contributed by atoms with Crippen molar-refractivity contribution in [1.29, 1.82) is 0 Å². The lowest BCUT2D eigenvalue weighted by Crippen LogP contribution is -2.35. The van der Waals surface area contributed by atoms with Gasteiger partial charge in [0.1, 0.15) is 5.56 Å². The molecule has 3 aromatic rings. The number of fused-ring (bicyclic) bond motifs is 1. The number of carbonyl (C=O) groups is 1. The minimum atomic E-state index is -0.380. The minimum Gasteiger partial charge on any atom is -0.393 e. The summed E-state index contributed by atoms with van der Waals surface area (Å²) in [5, 5.41) is 13.2. The number of thiophene rings is 1. The molecule has 1 saturated heterocycles. The Bertz CT molecular complexity index is 1160. The van der Waals surface area contributed by atoms with Gasteiger partial charge in [0.05, 0.1) is 16.3 Å². The summed E-state index contributed by atoms with van der Waals surface area (Å²) in [4.78, 5) is 29.4. The molecule has 164 valence electrons. The van der Waals surface area contributed by atoms with Gasteiger partial charge in [0, 0.05) is 49.3 Å². The van der Waals surface area contributed by atoms with Crippen molar-refractivity contribution in [3.05, 3.63) is 67.3 Å². The molecule has 0 spiro atoms. The number of aryl methyl sites for hydroxylation is 2. The van der Waals surface area contributed by atoms with Gasteiger partial charge in [-0.1, -0.05) is 23.7 Å². The molecular formula is C23H26ClN3O3S. The lowest BCUT2D eigenvalue weighted by Gasteiger charge is -2.29. The van der Waals surface area contributed by atoms with Gasteiger partial charge < -0.3 is 15.0 Å². The highest BCUT2D eigenvalue weighted by Crippen LogP contribution is 2.30. The molecule has 0 radical (unpaired) electrons. The summed E-state index contributed by atoms with van der Waals surface area (Å²) < 4.78 is 2.50. The molecule has 0 saturated carbocycles. The summed E-state index contributed by atoms with van der Waals surface area (Å²) in [5.41, 5.74) is 2.81. The number of aliphatic hydroxyl groups is 1. The molecule has 4 rings (SSSR count). The molecule has 0 atom stereocenters. The Balaban J connectivity index is 1.57. The minimum absolute atomic E-state index is 0.151. The predicted molar refractivity (Wildman–Crippen MR) is 125 cm³/mol. The van der Waals surface area contributed by atoms with Gasteiger partial charge in [0.15, 0.2) is 0 Å². The highest BCUT2D eigenvalue weighted by molar-refractivity contribution is 7.19. The van der Waals surface area contributed by atoms with Crippen molar-refractivity contribution in [3.63, 3.8) is 0 Å². The molecule has 1 aliphatic heterocycles. The number of piperidine rings is 1. The number of hydrogen-bond donors (Lipinski definition) is 2. The van der Waals surface area contributed by atoms with E-state index in [2.05, 4.69) is 10.2 Å². The van der Waals surface area contributed by atoms with Crippen molar-refractivity contribution in [2.75, 3.05) is 13.1 Å². The van der Waals surface area contributed by atoms with E-state index in [-0.39, 0.29) is 23.0 Å². The Morgan fingerprint density at radius 3 is 2.61 bits per heavy atom. The van der Waals surface area contributed by atoms with E-state index in [1.807, 2.05) is 30.7 Å². The average Bonchev–Trinajstić information content (AvgIpc) is 3.08. The van der Waals surface area contributed by atoms with Crippen LogP contribution in [0.25, 0.3) is 10.2 Å². The van der Waals surface area contributed by atoms with Crippen LogP contribution in [0.1, 0.15) is 39.2 Å². The lowest BCUT2D eigenvalue weighted by molar-refractivity contribution is 0.0796. The molecule has 1 fully saturated rings. The van der Waals surface area contributed by atoms with Gasteiger partial charge in [-0.15, -0.1) is 11.3 Å². The van der Waals surface area contributed by atoms with Crippen LogP contribution in [0.4, 0.5) is 0 Å². The first-order chi connectivity index (χ1) is 14.8. The van der Waals surface area contributed by atoms with Crippen molar-refractivity contribution < 1.29 is 9.90 Å². The molecule has 6 nitrogen and oxygen atoms in total. The van der Waals surface area contributed by atoms with Crippen LogP contribution in [0, 0.1) is 6.92 Å². The first-order valence-electron chi connectivity index (χ1n) is 10.4. The lowest BCUT2D eigenvalue weighted by atomic mass is 10.1. The van der Waals surface area contributed by atoms with Crippen LogP contribution in [0.15, 0.2) is 35.3 Å². The Labute approximate surface area is 190 Å². The number of nitrogens with one attached hydrogen (secondary N) is 1. The highest BCUT2D eigenvalue weighted by Gasteiger charge is 2.22. The fourth-order valence-corrected chi connectivity index (χ4v) is 5.51. The number of aliphatic hydroxyl groups excluding tert-OH is 1. The summed E-state index contributed by atoms with van der Waals surface area (Å²) in [6, 6.07) is 7.23. The second kappa shape index (κ2) is 9.12. The molecule has 1 amide bonds. The maximum atomic E-state index is 13.2. The van der Waals surface area contributed by atoms with E-state index in [4.69, 9.17) is 11.6 Å². The van der Waals surface area contributed by atoms with Gasteiger partial charge in [0.25, 0.3) is 5.91 Å². The van der Waals surface area contributed by atoms with E-state index < -0.39 is 0 Å². The zero-order chi connectivity index (χ0) is 22.1. The standard InChI is InChI=1S/C23H26ClN3O3S/c1-14-19(13-27-9-7-17(28)8-10-27)31-22-20(14)26(2)12-18(21(22)29)23(30)25-11-15-3-5-16(24)6-4-15/h3-6,12,17,28H,7-11,13H2,1-2H3,(H,25,30). The largest absolute Gasteiger partial charge is 0.393 e. The number of aromatic nitrogens is 1. The Morgan fingerprint density at radius 1 is 1.26 bits per heavy atom. The molecule has 0 bridgehead atoms. The number of nitrogens with zero attached hydrogens (tertiary/aromatic N) is 2. The molecule has 8 heteroatoms. The number of halogens is 1. The SMILES string of the molecule is Cc1c(CN2CCC(O)CC2)sc2c(=O)c(C(=O)NCc3ccc(Cl)cc3)cn(C)c12. The summed E-state index contributed by atoms with van der Waals surface area (Å²) in [7, 11) is 1.87. The Kier molecular flexibility index (Phi) is 6.48. The summed E-state index contributed by atoms with van der Waals surface area (Å²) in [6.45, 7) is 4.82. The third-order valence-corrected chi connectivity index (χ3v) is 7.39. The van der Waals surface area contributed by atoms with Crippen LogP contribution in [0.3, 0.4) is 0 Å². The van der Waals surface area contributed by atoms with E-state index in [9.17, 15) is 14.7 Å². The molecule has 31 heavy (non-hydrogen) atoms. The maximum Gasteiger partial charge on any atom is 0.257 e.